The van der Waals surface area contributed by atoms with Crippen molar-refractivity contribution >= 4 is 50.7 Å². The molecule has 2 heterocycles. The SMILES string of the molecule is C[S+]([O-])c1ccc(/C(=C\C2CCCC2)C(=O)Nc2ncc(Cl)s2)cn1. The van der Waals surface area contributed by atoms with Crippen LogP contribution in [0.5, 0.6) is 0 Å². The molecule has 0 aliphatic heterocycles. The van der Waals surface area contributed by atoms with Gasteiger partial charge in [-0.2, -0.15) is 0 Å². The summed E-state index contributed by atoms with van der Waals surface area (Å²) in [4.78, 5) is 21.1. The van der Waals surface area contributed by atoms with Crippen molar-refractivity contribution in [1.29, 1.82) is 0 Å². The second kappa shape index (κ2) is 8.31. The van der Waals surface area contributed by atoms with Gasteiger partial charge >= 0.3 is 0 Å². The summed E-state index contributed by atoms with van der Waals surface area (Å²) in [7, 11) is 0. The highest BCUT2D eigenvalue weighted by Crippen LogP contribution is 2.30. The minimum atomic E-state index is -1.15. The van der Waals surface area contributed by atoms with Crippen LogP contribution in [0.15, 0.2) is 35.6 Å². The Labute approximate surface area is 158 Å². The molecule has 0 bridgehead atoms. The third kappa shape index (κ3) is 4.82. The zero-order chi connectivity index (χ0) is 17.8. The van der Waals surface area contributed by atoms with Crippen LogP contribution in [0.2, 0.25) is 4.34 Å². The van der Waals surface area contributed by atoms with Gasteiger partial charge in [0, 0.05) is 34.6 Å². The molecule has 25 heavy (non-hydrogen) atoms. The first-order valence-corrected chi connectivity index (χ1v) is 10.7. The molecule has 2 aromatic heterocycles. The van der Waals surface area contributed by atoms with Crippen molar-refractivity contribution in [3.8, 4) is 0 Å². The van der Waals surface area contributed by atoms with Gasteiger partial charge < -0.3 is 4.55 Å². The number of rotatable bonds is 5. The first kappa shape index (κ1) is 18.4. The maximum Gasteiger partial charge on any atom is 0.257 e. The number of allylic oxidation sites excluding steroid dienone is 1. The van der Waals surface area contributed by atoms with Crippen LogP contribution in [0.1, 0.15) is 31.2 Å². The number of pyridine rings is 1. The number of anilines is 1. The third-order valence-electron chi connectivity index (χ3n) is 4.09. The fourth-order valence-corrected chi connectivity index (χ4v) is 4.12. The van der Waals surface area contributed by atoms with Crippen LogP contribution in [0, 0.1) is 5.92 Å². The van der Waals surface area contributed by atoms with Gasteiger partial charge in [0.05, 0.1) is 6.20 Å². The number of hydrogen-bond donors (Lipinski definition) is 1. The molecule has 3 rings (SSSR count). The molecule has 2 aromatic rings. The first-order chi connectivity index (χ1) is 12.0. The Hall–Kier alpha value is -1.41. The number of amides is 1. The van der Waals surface area contributed by atoms with Gasteiger partial charge in [-0.15, -0.1) is 0 Å². The van der Waals surface area contributed by atoms with Crippen LogP contribution in [0.4, 0.5) is 5.13 Å². The average Bonchev–Trinajstić information content (AvgIpc) is 3.24. The van der Waals surface area contributed by atoms with E-state index in [0.29, 0.717) is 31.5 Å². The summed E-state index contributed by atoms with van der Waals surface area (Å²) in [6.45, 7) is 0. The molecule has 0 aromatic carbocycles. The second-order valence-corrected chi connectivity index (χ2v) is 8.88. The molecule has 1 saturated carbocycles. The highest BCUT2D eigenvalue weighted by molar-refractivity contribution is 7.90. The number of nitrogens with zero attached hydrogens (tertiary/aromatic N) is 2. The van der Waals surface area contributed by atoms with Gasteiger partial charge in [-0.1, -0.05) is 41.9 Å². The van der Waals surface area contributed by atoms with E-state index < -0.39 is 11.2 Å². The zero-order valence-corrected chi connectivity index (χ0v) is 16.1. The molecule has 0 spiro atoms. The fourth-order valence-electron chi connectivity index (χ4n) is 2.85. The number of thiazole rings is 1. The number of carbonyl (C=O) groups excluding carboxylic acids is 1. The average molecular weight is 396 g/mol. The molecule has 1 unspecified atom stereocenters. The molecule has 0 radical (unpaired) electrons. The molecule has 5 nitrogen and oxygen atoms in total. The van der Waals surface area contributed by atoms with Gasteiger partial charge in [0.15, 0.2) is 5.13 Å². The standard InChI is InChI=1S/C17H18ClN3O2S2/c1-25(23)15-7-6-12(9-19-15)13(8-11-4-2-3-5-11)16(22)21-17-20-10-14(18)24-17/h6-11H,2-5H2,1H3,(H,20,21,22)/b13-8+. The van der Waals surface area contributed by atoms with E-state index in [-0.39, 0.29) is 5.91 Å². The molecule has 1 atom stereocenters. The topological polar surface area (TPSA) is 77.9 Å². The van der Waals surface area contributed by atoms with Gasteiger partial charge in [0.1, 0.15) is 10.6 Å². The lowest BCUT2D eigenvalue weighted by molar-refractivity contribution is -0.111. The van der Waals surface area contributed by atoms with E-state index in [2.05, 4.69) is 15.3 Å². The predicted molar refractivity (Wildman–Crippen MR) is 102 cm³/mol. The largest absolute Gasteiger partial charge is 0.610 e. The molecule has 8 heteroatoms. The first-order valence-electron chi connectivity index (χ1n) is 7.97. The predicted octanol–water partition coefficient (Wildman–Crippen LogP) is 4.14. The minimum absolute atomic E-state index is 0.231. The Balaban J connectivity index is 1.87. The van der Waals surface area contributed by atoms with Crippen molar-refractivity contribution in [2.75, 3.05) is 11.6 Å². The molecular formula is C17H18ClN3O2S2. The quantitative estimate of drug-likeness (QED) is 0.609. The molecule has 1 N–H and O–H groups in total. The maximum atomic E-state index is 12.8. The van der Waals surface area contributed by atoms with Crippen LogP contribution < -0.4 is 5.32 Å². The summed E-state index contributed by atoms with van der Waals surface area (Å²) < 4.78 is 12.0. The summed E-state index contributed by atoms with van der Waals surface area (Å²) >= 11 is 5.95. The van der Waals surface area contributed by atoms with Crippen LogP contribution >= 0.6 is 22.9 Å². The van der Waals surface area contributed by atoms with E-state index in [9.17, 15) is 9.35 Å². The maximum absolute atomic E-state index is 12.8. The lowest BCUT2D eigenvalue weighted by Crippen LogP contribution is -2.15. The molecule has 132 valence electrons. The van der Waals surface area contributed by atoms with Gasteiger partial charge in [-0.25, -0.2) is 9.97 Å². The molecule has 1 fully saturated rings. The fraction of sp³-hybridized carbons (Fsp3) is 0.353. The van der Waals surface area contributed by atoms with Crippen LogP contribution in [0.3, 0.4) is 0 Å². The Morgan fingerprint density at radius 1 is 1.36 bits per heavy atom. The summed E-state index contributed by atoms with van der Waals surface area (Å²) in [5.74, 6) is 0.158. The smallest absolute Gasteiger partial charge is 0.257 e. The van der Waals surface area contributed by atoms with Gasteiger partial charge in [-0.3, -0.25) is 10.1 Å². The normalized spacial score (nSPS) is 16.8. The Morgan fingerprint density at radius 2 is 2.12 bits per heavy atom. The highest BCUT2D eigenvalue weighted by atomic mass is 35.5. The van der Waals surface area contributed by atoms with E-state index in [1.165, 1.54) is 30.4 Å². The lowest BCUT2D eigenvalue weighted by Gasteiger charge is -2.11. The zero-order valence-electron chi connectivity index (χ0n) is 13.7. The van der Waals surface area contributed by atoms with Crippen LogP contribution in [-0.4, -0.2) is 26.7 Å². The van der Waals surface area contributed by atoms with Crippen molar-refractivity contribution in [2.24, 2.45) is 5.92 Å². The van der Waals surface area contributed by atoms with Crippen molar-refractivity contribution < 1.29 is 9.35 Å². The van der Waals surface area contributed by atoms with Crippen molar-refractivity contribution in [1.82, 2.24) is 9.97 Å². The van der Waals surface area contributed by atoms with Crippen LogP contribution in [-0.2, 0) is 16.0 Å². The van der Waals surface area contributed by atoms with Crippen molar-refractivity contribution in [2.45, 2.75) is 30.7 Å². The van der Waals surface area contributed by atoms with Crippen molar-refractivity contribution in [3.63, 3.8) is 0 Å². The summed E-state index contributed by atoms with van der Waals surface area (Å²) in [5.41, 5.74) is 1.28. The number of carbonyl (C=O) groups is 1. The van der Waals surface area contributed by atoms with Crippen molar-refractivity contribution in [3.05, 3.63) is 40.5 Å². The molecule has 1 aliphatic carbocycles. The number of nitrogens with one attached hydrogen (secondary N) is 1. The van der Waals surface area contributed by atoms with E-state index in [0.717, 1.165) is 12.8 Å². The minimum Gasteiger partial charge on any atom is -0.610 e. The summed E-state index contributed by atoms with van der Waals surface area (Å²) in [6.07, 6.45) is 11.3. The highest BCUT2D eigenvalue weighted by Gasteiger charge is 2.20. The molecule has 1 aliphatic rings. The van der Waals surface area contributed by atoms with Gasteiger partial charge in [0.2, 0.25) is 5.03 Å². The lowest BCUT2D eigenvalue weighted by atomic mass is 9.99. The Kier molecular flexibility index (Phi) is 6.11. The molecule has 1 amide bonds. The molecular weight excluding hydrogens is 378 g/mol. The molecule has 0 saturated heterocycles. The van der Waals surface area contributed by atoms with E-state index in [1.807, 2.05) is 6.08 Å². The summed E-state index contributed by atoms with van der Waals surface area (Å²) in [5, 5.41) is 3.76. The van der Waals surface area contributed by atoms with E-state index >= 15 is 0 Å². The summed E-state index contributed by atoms with van der Waals surface area (Å²) in [6, 6.07) is 3.49. The van der Waals surface area contributed by atoms with Gasteiger partial charge in [-0.05, 0) is 24.8 Å². The Morgan fingerprint density at radius 3 is 2.68 bits per heavy atom. The number of halogens is 1. The van der Waals surface area contributed by atoms with Crippen LogP contribution in [0.25, 0.3) is 5.57 Å². The second-order valence-electron chi connectivity index (χ2n) is 5.89. The monoisotopic (exact) mass is 395 g/mol. The number of hydrogen-bond acceptors (Lipinski definition) is 5. The van der Waals surface area contributed by atoms with Gasteiger partial charge in [0.25, 0.3) is 5.91 Å². The third-order valence-corrected chi connectivity index (χ3v) is 5.95. The Bertz CT molecular complexity index is 768. The van der Waals surface area contributed by atoms with E-state index in [4.69, 9.17) is 11.6 Å². The van der Waals surface area contributed by atoms with E-state index in [1.54, 1.807) is 24.6 Å². The number of aromatic nitrogens is 2.